The van der Waals surface area contributed by atoms with Gasteiger partial charge in [-0.25, -0.2) is 4.39 Å². The van der Waals surface area contributed by atoms with E-state index in [0.717, 1.165) is 29.4 Å². The Morgan fingerprint density at radius 2 is 2.00 bits per heavy atom. The van der Waals surface area contributed by atoms with Gasteiger partial charge in [-0.05, 0) is 30.9 Å². The van der Waals surface area contributed by atoms with Crippen LogP contribution in [0.5, 0.6) is 0 Å². The molecular formula is C15H17FN2. The summed E-state index contributed by atoms with van der Waals surface area (Å²) in [7, 11) is 0. The number of para-hydroxylation sites is 1. The fourth-order valence-electron chi connectivity index (χ4n) is 2.49. The summed E-state index contributed by atoms with van der Waals surface area (Å²) >= 11 is 0. The van der Waals surface area contributed by atoms with Crippen molar-refractivity contribution in [2.45, 2.75) is 24.9 Å². The van der Waals surface area contributed by atoms with E-state index in [1.54, 1.807) is 0 Å². The van der Waals surface area contributed by atoms with E-state index in [9.17, 15) is 4.39 Å². The second-order valence-electron chi connectivity index (χ2n) is 5.19. The number of hydrogen-bond acceptors (Lipinski definition) is 2. The summed E-state index contributed by atoms with van der Waals surface area (Å²) in [5, 5.41) is 1.09. The van der Waals surface area contributed by atoms with E-state index < -0.39 is 5.67 Å². The number of aromatic nitrogens is 1. The van der Waals surface area contributed by atoms with Crippen LogP contribution in [0.15, 0.2) is 36.4 Å². The average Bonchev–Trinajstić information content (AvgIpc) is 3.23. The molecule has 0 spiro atoms. The zero-order valence-electron chi connectivity index (χ0n) is 10.3. The average molecular weight is 244 g/mol. The highest BCUT2D eigenvalue weighted by Crippen LogP contribution is 2.43. The lowest BCUT2D eigenvalue weighted by molar-refractivity contribution is 0.141. The summed E-state index contributed by atoms with van der Waals surface area (Å²) in [5.41, 5.74) is 6.06. The van der Waals surface area contributed by atoms with E-state index in [1.807, 2.05) is 36.4 Å². The molecule has 1 aliphatic rings. The minimum absolute atomic E-state index is 0.0895. The monoisotopic (exact) mass is 244 g/mol. The van der Waals surface area contributed by atoms with Crippen LogP contribution in [-0.2, 0) is 6.42 Å². The molecule has 2 nitrogen and oxygen atoms in total. The molecule has 1 saturated carbocycles. The second-order valence-corrected chi connectivity index (χ2v) is 5.19. The molecule has 0 saturated heterocycles. The summed E-state index contributed by atoms with van der Waals surface area (Å²) in [5.74, 6) is 0.135. The van der Waals surface area contributed by atoms with Crippen LogP contribution in [0.3, 0.4) is 0 Å². The molecule has 0 bridgehead atoms. The first-order valence-corrected chi connectivity index (χ1v) is 6.45. The lowest BCUT2D eigenvalue weighted by Gasteiger charge is -2.23. The first-order valence-electron chi connectivity index (χ1n) is 6.45. The van der Waals surface area contributed by atoms with Crippen molar-refractivity contribution in [3.63, 3.8) is 0 Å². The van der Waals surface area contributed by atoms with Crippen molar-refractivity contribution in [1.29, 1.82) is 0 Å². The minimum Gasteiger partial charge on any atom is -0.328 e. The summed E-state index contributed by atoms with van der Waals surface area (Å²) in [6.07, 6.45) is 2.25. The van der Waals surface area contributed by atoms with Crippen molar-refractivity contribution >= 4 is 10.9 Å². The molecule has 1 aliphatic carbocycles. The van der Waals surface area contributed by atoms with Crippen LogP contribution in [0.4, 0.5) is 4.39 Å². The standard InChI is InChI=1S/C15H17FN2/c16-15(10-17,12-6-7-12)9-13-8-5-11-3-1-2-4-14(11)18-13/h1-5,8,12H,6-7,9-10,17H2. The van der Waals surface area contributed by atoms with Crippen molar-refractivity contribution in [3.8, 4) is 0 Å². The van der Waals surface area contributed by atoms with Gasteiger partial charge >= 0.3 is 0 Å². The summed E-state index contributed by atoms with van der Waals surface area (Å²) < 4.78 is 14.6. The molecule has 1 fully saturated rings. The van der Waals surface area contributed by atoms with E-state index in [4.69, 9.17) is 5.73 Å². The van der Waals surface area contributed by atoms with Crippen LogP contribution in [0.25, 0.3) is 10.9 Å². The summed E-state index contributed by atoms with van der Waals surface area (Å²) in [6.45, 7) is 0.0895. The van der Waals surface area contributed by atoms with Gasteiger partial charge in [0.15, 0.2) is 0 Å². The summed E-state index contributed by atoms with van der Waals surface area (Å²) in [4.78, 5) is 4.52. The lowest BCUT2D eigenvalue weighted by atomic mass is 9.93. The topological polar surface area (TPSA) is 38.9 Å². The molecule has 1 unspecified atom stereocenters. The molecule has 1 aromatic carbocycles. The van der Waals surface area contributed by atoms with Gasteiger partial charge in [0.1, 0.15) is 5.67 Å². The molecule has 2 N–H and O–H groups in total. The van der Waals surface area contributed by atoms with Crippen molar-refractivity contribution in [3.05, 3.63) is 42.1 Å². The molecule has 0 radical (unpaired) electrons. The van der Waals surface area contributed by atoms with Crippen molar-refractivity contribution in [2.24, 2.45) is 11.7 Å². The summed E-state index contributed by atoms with van der Waals surface area (Å²) in [6, 6.07) is 11.8. The molecule has 3 rings (SSSR count). The molecule has 0 aliphatic heterocycles. The molecule has 18 heavy (non-hydrogen) atoms. The van der Waals surface area contributed by atoms with Crippen LogP contribution >= 0.6 is 0 Å². The highest BCUT2D eigenvalue weighted by molar-refractivity contribution is 5.78. The third-order valence-corrected chi connectivity index (χ3v) is 3.78. The van der Waals surface area contributed by atoms with Crippen LogP contribution < -0.4 is 5.73 Å². The minimum atomic E-state index is -1.27. The van der Waals surface area contributed by atoms with E-state index in [-0.39, 0.29) is 12.5 Å². The van der Waals surface area contributed by atoms with Gasteiger partial charge in [-0.1, -0.05) is 24.3 Å². The quantitative estimate of drug-likeness (QED) is 0.898. The molecular weight excluding hydrogens is 227 g/mol. The fraction of sp³-hybridized carbons (Fsp3) is 0.400. The van der Waals surface area contributed by atoms with E-state index in [0.29, 0.717) is 6.42 Å². The largest absolute Gasteiger partial charge is 0.328 e. The Morgan fingerprint density at radius 1 is 1.22 bits per heavy atom. The Balaban J connectivity index is 1.90. The highest BCUT2D eigenvalue weighted by Gasteiger charge is 2.45. The number of pyridine rings is 1. The zero-order valence-corrected chi connectivity index (χ0v) is 10.3. The van der Waals surface area contributed by atoms with Crippen LogP contribution in [0.1, 0.15) is 18.5 Å². The Bertz CT molecular complexity index is 565. The normalized spacial score (nSPS) is 18.8. The third-order valence-electron chi connectivity index (χ3n) is 3.78. The SMILES string of the molecule is NCC(F)(Cc1ccc2ccccc2n1)C1CC1. The van der Waals surface area contributed by atoms with E-state index in [1.165, 1.54) is 0 Å². The van der Waals surface area contributed by atoms with Gasteiger partial charge in [0.2, 0.25) is 0 Å². The van der Waals surface area contributed by atoms with Gasteiger partial charge in [0, 0.05) is 24.0 Å². The first-order chi connectivity index (χ1) is 8.71. The van der Waals surface area contributed by atoms with E-state index >= 15 is 0 Å². The highest BCUT2D eigenvalue weighted by atomic mass is 19.1. The predicted octanol–water partition coefficient (Wildman–Crippen LogP) is 2.85. The Kier molecular flexibility index (Phi) is 2.78. The van der Waals surface area contributed by atoms with E-state index in [2.05, 4.69) is 4.98 Å². The number of nitrogens with zero attached hydrogens (tertiary/aromatic N) is 1. The Labute approximate surface area is 106 Å². The number of rotatable bonds is 4. The fourth-order valence-corrected chi connectivity index (χ4v) is 2.49. The number of halogens is 1. The third kappa shape index (κ3) is 2.10. The Hall–Kier alpha value is -1.48. The van der Waals surface area contributed by atoms with Crippen molar-refractivity contribution < 1.29 is 4.39 Å². The number of nitrogens with two attached hydrogens (primary N) is 1. The van der Waals surface area contributed by atoms with Gasteiger partial charge in [-0.3, -0.25) is 4.98 Å². The molecule has 1 aromatic heterocycles. The maximum Gasteiger partial charge on any atom is 0.131 e. The van der Waals surface area contributed by atoms with Crippen LogP contribution in [0.2, 0.25) is 0 Å². The Morgan fingerprint density at radius 3 is 2.72 bits per heavy atom. The molecule has 3 heteroatoms. The zero-order chi connectivity index (χ0) is 12.6. The van der Waals surface area contributed by atoms with Gasteiger partial charge < -0.3 is 5.73 Å². The van der Waals surface area contributed by atoms with Gasteiger partial charge in [0.25, 0.3) is 0 Å². The molecule has 0 amide bonds. The van der Waals surface area contributed by atoms with Gasteiger partial charge in [-0.15, -0.1) is 0 Å². The van der Waals surface area contributed by atoms with Crippen LogP contribution in [0, 0.1) is 5.92 Å². The predicted molar refractivity (Wildman–Crippen MR) is 71.1 cm³/mol. The first kappa shape index (κ1) is 11.6. The molecule has 94 valence electrons. The number of alkyl halides is 1. The van der Waals surface area contributed by atoms with Gasteiger partial charge in [-0.2, -0.15) is 0 Å². The molecule has 2 aromatic rings. The van der Waals surface area contributed by atoms with Gasteiger partial charge in [0.05, 0.1) is 5.52 Å². The smallest absolute Gasteiger partial charge is 0.131 e. The van der Waals surface area contributed by atoms with Crippen LogP contribution in [-0.4, -0.2) is 17.2 Å². The maximum atomic E-state index is 14.6. The second kappa shape index (κ2) is 4.32. The molecule has 1 heterocycles. The maximum absolute atomic E-state index is 14.6. The van der Waals surface area contributed by atoms with Crippen molar-refractivity contribution in [2.75, 3.05) is 6.54 Å². The number of fused-ring (bicyclic) bond motifs is 1. The molecule has 1 atom stereocenters. The number of benzene rings is 1. The lowest BCUT2D eigenvalue weighted by Crippen LogP contribution is -2.37. The van der Waals surface area contributed by atoms with Crippen molar-refractivity contribution in [1.82, 2.24) is 4.98 Å². The number of hydrogen-bond donors (Lipinski definition) is 1.